The first-order chi connectivity index (χ1) is 6.75. The van der Waals surface area contributed by atoms with Gasteiger partial charge >= 0.3 is 0 Å². The van der Waals surface area contributed by atoms with Crippen LogP contribution in [-0.2, 0) is 0 Å². The third-order valence-corrected chi connectivity index (χ3v) is 3.52. The minimum Gasteiger partial charge on any atom is -0.356 e. The van der Waals surface area contributed by atoms with Gasteiger partial charge in [0.25, 0.3) is 0 Å². The van der Waals surface area contributed by atoms with Gasteiger partial charge in [-0.25, -0.2) is 4.98 Å². The summed E-state index contributed by atoms with van der Waals surface area (Å²) >= 11 is 5.78. The molecular weight excluding hydrogens is 198 g/mol. The van der Waals surface area contributed by atoms with Crippen LogP contribution >= 0.6 is 11.6 Å². The van der Waals surface area contributed by atoms with Crippen LogP contribution in [0, 0.1) is 11.8 Å². The van der Waals surface area contributed by atoms with Crippen LogP contribution in [-0.4, -0.2) is 24.1 Å². The fraction of sp³-hybridized carbons (Fsp3) is 0.500. The molecule has 1 aliphatic carbocycles. The first kappa shape index (κ1) is 8.50. The van der Waals surface area contributed by atoms with Crippen LogP contribution in [0.15, 0.2) is 18.3 Å². The molecule has 2 fully saturated rings. The maximum absolute atomic E-state index is 5.87. The predicted octanol–water partition coefficient (Wildman–Crippen LogP) is 1.13. The van der Waals surface area contributed by atoms with Gasteiger partial charge in [0, 0.05) is 25.3 Å². The van der Waals surface area contributed by atoms with Gasteiger partial charge in [-0.1, -0.05) is 11.6 Å². The van der Waals surface area contributed by atoms with Crippen LogP contribution in [0.5, 0.6) is 0 Å². The number of rotatable bonds is 1. The highest BCUT2D eigenvalue weighted by Crippen LogP contribution is 2.44. The average molecular weight is 210 g/mol. The Labute approximate surface area is 87.9 Å². The molecule has 2 heterocycles. The van der Waals surface area contributed by atoms with Crippen LogP contribution in [0.1, 0.15) is 0 Å². The highest BCUT2D eigenvalue weighted by atomic mass is 35.5. The standard InChI is InChI=1S/C10H12ClN3/c11-6-1-2-9(13-3-6)14-4-7-8(5-14)10(7)12/h1-3,7-8,10H,4-5,12H2. The molecule has 0 amide bonds. The van der Waals surface area contributed by atoms with Crippen LogP contribution in [0.25, 0.3) is 0 Å². The Morgan fingerprint density at radius 1 is 1.36 bits per heavy atom. The van der Waals surface area contributed by atoms with Crippen molar-refractivity contribution in [1.29, 1.82) is 0 Å². The number of fused-ring (bicyclic) bond motifs is 1. The zero-order chi connectivity index (χ0) is 9.71. The molecule has 0 bridgehead atoms. The molecular formula is C10H12ClN3. The lowest BCUT2D eigenvalue weighted by Gasteiger charge is -2.19. The summed E-state index contributed by atoms with van der Waals surface area (Å²) < 4.78 is 0. The average Bonchev–Trinajstić information content (AvgIpc) is 2.66. The zero-order valence-electron chi connectivity index (χ0n) is 7.73. The SMILES string of the molecule is NC1C2CN(c3ccc(Cl)cn3)CC12. The molecule has 1 saturated heterocycles. The van der Waals surface area contributed by atoms with Gasteiger partial charge in [0.15, 0.2) is 0 Å². The quantitative estimate of drug-likeness (QED) is 0.754. The molecule has 2 atom stereocenters. The minimum atomic E-state index is 0.443. The number of nitrogens with two attached hydrogens (primary N) is 1. The third kappa shape index (κ3) is 1.20. The fourth-order valence-electron chi connectivity index (χ4n) is 2.31. The predicted molar refractivity (Wildman–Crippen MR) is 56.4 cm³/mol. The Bertz CT molecular complexity index is 339. The van der Waals surface area contributed by atoms with Crippen LogP contribution in [0.4, 0.5) is 5.82 Å². The molecule has 2 aliphatic rings. The second-order valence-corrected chi connectivity index (χ2v) is 4.58. The van der Waals surface area contributed by atoms with Gasteiger partial charge < -0.3 is 10.6 Å². The molecule has 74 valence electrons. The molecule has 0 aromatic carbocycles. The third-order valence-electron chi connectivity index (χ3n) is 3.30. The molecule has 3 nitrogen and oxygen atoms in total. The van der Waals surface area contributed by atoms with Crippen LogP contribution in [0.2, 0.25) is 5.02 Å². The molecule has 1 aromatic heterocycles. The van der Waals surface area contributed by atoms with E-state index < -0.39 is 0 Å². The fourth-order valence-corrected chi connectivity index (χ4v) is 2.43. The molecule has 1 aromatic rings. The molecule has 4 heteroatoms. The summed E-state index contributed by atoms with van der Waals surface area (Å²) in [6.07, 6.45) is 1.70. The molecule has 14 heavy (non-hydrogen) atoms. The smallest absolute Gasteiger partial charge is 0.128 e. The largest absolute Gasteiger partial charge is 0.356 e. The Hall–Kier alpha value is -0.800. The normalized spacial score (nSPS) is 34.4. The molecule has 2 N–H and O–H groups in total. The summed E-state index contributed by atoms with van der Waals surface area (Å²) in [5, 5.41) is 0.690. The van der Waals surface area contributed by atoms with E-state index in [1.54, 1.807) is 6.20 Å². The van der Waals surface area contributed by atoms with E-state index in [4.69, 9.17) is 17.3 Å². The van der Waals surface area contributed by atoms with Gasteiger partial charge in [0.1, 0.15) is 5.82 Å². The second-order valence-electron chi connectivity index (χ2n) is 4.14. The Kier molecular flexibility index (Phi) is 1.73. The number of nitrogens with zero attached hydrogens (tertiary/aromatic N) is 2. The van der Waals surface area contributed by atoms with Crippen molar-refractivity contribution in [3.63, 3.8) is 0 Å². The zero-order valence-corrected chi connectivity index (χ0v) is 8.48. The Morgan fingerprint density at radius 2 is 2.07 bits per heavy atom. The summed E-state index contributed by atoms with van der Waals surface area (Å²) in [7, 11) is 0. The summed E-state index contributed by atoms with van der Waals surface area (Å²) in [5.41, 5.74) is 5.87. The lowest BCUT2D eigenvalue weighted by atomic mass is 10.3. The van der Waals surface area contributed by atoms with Crippen molar-refractivity contribution in [2.75, 3.05) is 18.0 Å². The number of hydrogen-bond donors (Lipinski definition) is 1. The maximum atomic E-state index is 5.87. The van der Waals surface area contributed by atoms with Crippen LogP contribution in [0.3, 0.4) is 0 Å². The van der Waals surface area contributed by atoms with Crippen molar-refractivity contribution in [3.05, 3.63) is 23.4 Å². The van der Waals surface area contributed by atoms with Crippen molar-refractivity contribution in [2.45, 2.75) is 6.04 Å². The Balaban J connectivity index is 1.76. The van der Waals surface area contributed by atoms with E-state index in [2.05, 4.69) is 9.88 Å². The van der Waals surface area contributed by atoms with E-state index in [0.29, 0.717) is 22.9 Å². The molecule has 2 unspecified atom stereocenters. The Morgan fingerprint density at radius 3 is 2.64 bits per heavy atom. The van der Waals surface area contributed by atoms with E-state index in [0.717, 1.165) is 18.9 Å². The molecule has 1 aliphatic heterocycles. The van der Waals surface area contributed by atoms with Crippen LogP contribution < -0.4 is 10.6 Å². The topological polar surface area (TPSA) is 42.1 Å². The lowest BCUT2D eigenvalue weighted by molar-refractivity contribution is 0.735. The van der Waals surface area contributed by atoms with Gasteiger partial charge in [0.05, 0.1) is 5.02 Å². The summed E-state index contributed by atoms with van der Waals surface area (Å²) in [5.74, 6) is 2.42. The summed E-state index contributed by atoms with van der Waals surface area (Å²) in [6, 6.07) is 4.30. The maximum Gasteiger partial charge on any atom is 0.128 e. The highest BCUT2D eigenvalue weighted by Gasteiger charge is 2.53. The lowest BCUT2D eigenvalue weighted by Crippen LogP contribution is -2.28. The monoisotopic (exact) mass is 209 g/mol. The van der Waals surface area contributed by atoms with Gasteiger partial charge in [-0.3, -0.25) is 0 Å². The molecule has 3 rings (SSSR count). The van der Waals surface area contributed by atoms with Gasteiger partial charge in [-0.05, 0) is 24.0 Å². The van der Waals surface area contributed by atoms with E-state index in [9.17, 15) is 0 Å². The number of aromatic nitrogens is 1. The van der Waals surface area contributed by atoms with Crippen molar-refractivity contribution >= 4 is 17.4 Å². The number of hydrogen-bond acceptors (Lipinski definition) is 3. The summed E-state index contributed by atoms with van der Waals surface area (Å²) in [4.78, 5) is 6.58. The van der Waals surface area contributed by atoms with E-state index in [1.165, 1.54) is 0 Å². The van der Waals surface area contributed by atoms with E-state index >= 15 is 0 Å². The van der Waals surface area contributed by atoms with Gasteiger partial charge in [0.2, 0.25) is 0 Å². The van der Waals surface area contributed by atoms with E-state index in [1.807, 2.05) is 12.1 Å². The second kappa shape index (κ2) is 2.84. The first-order valence-electron chi connectivity index (χ1n) is 4.88. The molecule has 0 radical (unpaired) electrons. The summed E-state index contributed by atoms with van der Waals surface area (Å²) in [6.45, 7) is 2.11. The van der Waals surface area contributed by atoms with Gasteiger partial charge in [-0.15, -0.1) is 0 Å². The number of anilines is 1. The van der Waals surface area contributed by atoms with E-state index in [-0.39, 0.29) is 0 Å². The minimum absolute atomic E-state index is 0.443. The highest BCUT2D eigenvalue weighted by molar-refractivity contribution is 6.30. The molecule has 1 saturated carbocycles. The van der Waals surface area contributed by atoms with Gasteiger partial charge in [-0.2, -0.15) is 0 Å². The van der Waals surface area contributed by atoms with Crippen molar-refractivity contribution in [2.24, 2.45) is 17.6 Å². The number of pyridine rings is 1. The molecule has 0 spiro atoms. The van der Waals surface area contributed by atoms with Crippen molar-refractivity contribution < 1.29 is 0 Å². The van der Waals surface area contributed by atoms with Crippen molar-refractivity contribution in [1.82, 2.24) is 4.98 Å². The van der Waals surface area contributed by atoms with Crippen molar-refractivity contribution in [3.8, 4) is 0 Å². The number of halogens is 1. The first-order valence-corrected chi connectivity index (χ1v) is 5.25. The number of piperidine rings is 1.